The minimum Gasteiger partial charge on any atom is -0.343 e. The van der Waals surface area contributed by atoms with Crippen LogP contribution in [0.25, 0.3) is 0 Å². The van der Waals surface area contributed by atoms with Gasteiger partial charge in [0, 0.05) is 58.5 Å². The number of pyridine rings is 1. The van der Waals surface area contributed by atoms with Gasteiger partial charge in [-0.1, -0.05) is 6.07 Å². The van der Waals surface area contributed by atoms with Crippen LogP contribution in [0.5, 0.6) is 0 Å². The van der Waals surface area contributed by atoms with Gasteiger partial charge in [0.05, 0.1) is 6.04 Å². The minimum atomic E-state index is 0. The number of nitrogens with one attached hydrogen (secondary N) is 1. The van der Waals surface area contributed by atoms with Crippen molar-refractivity contribution in [3.63, 3.8) is 0 Å². The maximum atomic E-state index is 12.8. The van der Waals surface area contributed by atoms with Crippen LogP contribution in [-0.4, -0.2) is 59.3 Å². The summed E-state index contributed by atoms with van der Waals surface area (Å²) in [4.78, 5) is 32.3. The standard InChI is InChI=1S/C19H28N4O2.ClH/c1-15(24)22-10-6-16(7-11-22)4-5-19(25)23-12-9-21-14-18(23)17-3-2-8-20-13-17;/h2-3,8,13,16,18,21H,4-7,9-12,14H2,1H3;1H. The number of carbonyl (C=O) groups excluding carboxylic acids is 2. The summed E-state index contributed by atoms with van der Waals surface area (Å²) in [6.07, 6.45) is 7.17. The zero-order chi connectivity index (χ0) is 17.6. The Bertz CT molecular complexity index is 590. The number of piperidine rings is 1. The Morgan fingerprint density at radius 2 is 2.04 bits per heavy atom. The Morgan fingerprint density at radius 1 is 1.27 bits per heavy atom. The number of piperazine rings is 1. The number of halogens is 1. The molecule has 3 rings (SSSR count). The van der Waals surface area contributed by atoms with Crippen molar-refractivity contribution < 1.29 is 9.59 Å². The van der Waals surface area contributed by atoms with E-state index < -0.39 is 0 Å². The van der Waals surface area contributed by atoms with Crippen LogP contribution in [0.15, 0.2) is 24.5 Å². The van der Waals surface area contributed by atoms with Gasteiger partial charge in [-0.15, -0.1) is 12.4 Å². The van der Waals surface area contributed by atoms with Gasteiger partial charge in [0.25, 0.3) is 0 Å². The van der Waals surface area contributed by atoms with Gasteiger partial charge in [0.15, 0.2) is 0 Å². The number of aromatic nitrogens is 1. The third kappa shape index (κ3) is 5.17. The summed E-state index contributed by atoms with van der Waals surface area (Å²) in [5.41, 5.74) is 1.10. The van der Waals surface area contributed by atoms with Crippen molar-refractivity contribution in [1.82, 2.24) is 20.1 Å². The lowest BCUT2D eigenvalue weighted by Gasteiger charge is -2.37. The maximum Gasteiger partial charge on any atom is 0.223 e. The third-order valence-electron chi connectivity index (χ3n) is 5.46. The number of amides is 2. The van der Waals surface area contributed by atoms with Crippen LogP contribution in [0.2, 0.25) is 0 Å². The van der Waals surface area contributed by atoms with E-state index in [1.807, 2.05) is 28.1 Å². The topological polar surface area (TPSA) is 65.5 Å². The molecule has 0 radical (unpaired) electrons. The zero-order valence-corrected chi connectivity index (χ0v) is 16.2. The largest absolute Gasteiger partial charge is 0.343 e. The number of hydrogen-bond donors (Lipinski definition) is 1. The first-order valence-electron chi connectivity index (χ1n) is 9.31. The quantitative estimate of drug-likeness (QED) is 0.867. The van der Waals surface area contributed by atoms with Crippen LogP contribution in [0.4, 0.5) is 0 Å². The molecule has 7 heteroatoms. The monoisotopic (exact) mass is 380 g/mol. The fourth-order valence-electron chi connectivity index (χ4n) is 3.88. The Kier molecular flexibility index (Phi) is 7.85. The van der Waals surface area contributed by atoms with Gasteiger partial charge in [-0.25, -0.2) is 0 Å². The molecule has 1 atom stereocenters. The first-order valence-corrected chi connectivity index (χ1v) is 9.31. The molecule has 2 aliphatic rings. The van der Waals surface area contributed by atoms with Gasteiger partial charge in [0.1, 0.15) is 0 Å². The van der Waals surface area contributed by atoms with Crippen molar-refractivity contribution in [2.24, 2.45) is 5.92 Å². The molecule has 1 aromatic heterocycles. The Balaban J connectivity index is 0.00000243. The molecule has 3 heterocycles. The van der Waals surface area contributed by atoms with Crippen molar-refractivity contribution in [2.75, 3.05) is 32.7 Å². The first kappa shape index (κ1) is 20.6. The van der Waals surface area contributed by atoms with Crippen LogP contribution in [0.1, 0.15) is 44.2 Å². The molecule has 1 N–H and O–H groups in total. The van der Waals surface area contributed by atoms with E-state index in [1.165, 1.54) is 0 Å². The smallest absolute Gasteiger partial charge is 0.223 e. The molecule has 0 saturated carbocycles. The van der Waals surface area contributed by atoms with E-state index in [-0.39, 0.29) is 30.3 Å². The van der Waals surface area contributed by atoms with E-state index in [0.29, 0.717) is 12.3 Å². The van der Waals surface area contributed by atoms with Crippen molar-refractivity contribution in [3.8, 4) is 0 Å². The molecule has 144 valence electrons. The van der Waals surface area contributed by atoms with Crippen molar-refractivity contribution in [3.05, 3.63) is 30.1 Å². The van der Waals surface area contributed by atoms with E-state index in [0.717, 1.165) is 57.5 Å². The fourth-order valence-corrected chi connectivity index (χ4v) is 3.88. The SMILES string of the molecule is CC(=O)N1CCC(CCC(=O)N2CCNCC2c2cccnc2)CC1.Cl. The molecule has 0 bridgehead atoms. The van der Waals surface area contributed by atoms with Crippen molar-refractivity contribution in [2.45, 2.75) is 38.6 Å². The molecule has 26 heavy (non-hydrogen) atoms. The average Bonchev–Trinajstić information content (AvgIpc) is 2.67. The van der Waals surface area contributed by atoms with Crippen molar-refractivity contribution in [1.29, 1.82) is 0 Å². The van der Waals surface area contributed by atoms with Crippen LogP contribution in [-0.2, 0) is 9.59 Å². The highest BCUT2D eigenvalue weighted by Gasteiger charge is 2.29. The van der Waals surface area contributed by atoms with Gasteiger partial charge in [-0.2, -0.15) is 0 Å². The highest BCUT2D eigenvalue weighted by Crippen LogP contribution is 2.26. The molecule has 2 aliphatic heterocycles. The summed E-state index contributed by atoms with van der Waals surface area (Å²) in [5, 5.41) is 3.38. The normalized spacial score (nSPS) is 21.2. The number of rotatable bonds is 4. The van der Waals surface area contributed by atoms with Gasteiger partial charge in [-0.05, 0) is 36.8 Å². The van der Waals surface area contributed by atoms with Crippen LogP contribution < -0.4 is 5.32 Å². The molecule has 2 saturated heterocycles. The number of nitrogens with zero attached hydrogens (tertiary/aromatic N) is 3. The van der Waals surface area contributed by atoms with E-state index in [9.17, 15) is 9.59 Å². The molecule has 6 nitrogen and oxygen atoms in total. The van der Waals surface area contributed by atoms with Gasteiger partial charge >= 0.3 is 0 Å². The second-order valence-corrected chi connectivity index (χ2v) is 7.08. The summed E-state index contributed by atoms with van der Waals surface area (Å²) < 4.78 is 0. The van der Waals surface area contributed by atoms with E-state index in [2.05, 4.69) is 10.3 Å². The average molecular weight is 381 g/mol. The lowest BCUT2D eigenvalue weighted by Crippen LogP contribution is -2.48. The lowest BCUT2D eigenvalue weighted by atomic mass is 9.91. The lowest BCUT2D eigenvalue weighted by molar-refractivity contribution is -0.135. The van der Waals surface area contributed by atoms with Gasteiger partial charge in [0.2, 0.25) is 11.8 Å². The zero-order valence-electron chi connectivity index (χ0n) is 15.4. The third-order valence-corrected chi connectivity index (χ3v) is 5.46. The number of carbonyl (C=O) groups is 2. The molecule has 0 aromatic carbocycles. The summed E-state index contributed by atoms with van der Waals surface area (Å²) in [7, 11) is 0. The van der Waals surface area contributed by atoms with Gasteiger partial charge < -0.3 is 15.1 Å². The summed E-state index contributed by atoms with van der Waals surface area (Å²) in [5.74, 6) is 0.957. The summed E-state index contributed by atoms with van der Waals surface area (Å²) in [6, 6.07) is 4.05. The molecular formula is C19H29ClN4O2. The molecule has 2 amide bonds. The molecule has 2 fully saturated rings. The number of hydrogen-bond acceptors (Lipinski definition) is 4. The van der Waals surface area contributed by atoms with E-state index in [1.54, 1.807) is 13.1 Å². The van der Waals surface area contributed by atoms with Crippen molar-refractivity contribution >= 4 is 24.2 Å². The van der Waals surface area contributed by atoms with E-state index in [4.69, 9.17) is 0 Å². The fraction of sp³-hybridized carbons (Fsp3) is 0.632. The summed E-state index contributed by atoms with van der Waals surface area (Å²) >= 11 is 0. The van der Waals surface area contributed by atoms with Crippen LogP contribution >= 0.6 is 12.4 Å². The predicted octanol–water partition coefficient (Wildman–Crippen LogP) is 2.02. The second kappa shape index (κ2) is 9.88. The molecule has 0 aliphatic carbocycles. The molecule has 1 unspecified atom stereocenters. The van der Waals surface area contributed by atoms with Crippen LogP contribution in [0.3, 0.4) is 0 Å². The Hall–Kier alpha value is -1.66. The Morgan fingerprint density at radius 3 is 2.69 bits per heavy atom. The molecule has 0 spiro atoms. The highest BCUT2D eigenvalue weighted by molar-refractivity contribution is 5.85. The van der Waals surface area contributed by atoms with Crippen LogP contribution in [0, 0.1) is 5.92 Å². The highest BCUT2D eigenvalue weighted by atomic mass is 35.5. The predicted molar refractivity (Wildman–Crippen MR) is 103 cm³/mol. The maximum absolute atomic E-state index is 12.8. The summed E-state index contributed by atoms with van der Waals surface area (Å²) in [6.45, 7) is 5.68. The van der Waals surface area contributed by atoms with Gasteiger partial charge in [-0.3, -0.25) is 14.6 Å². The molecule has 1 aromatic rings. The molecular weight excluding hydrogens is 352 g/mol. The minimum absolute atomic E-state index is 0. The first-order chi connectivity index (χ1) is 12.1. The Labute approximate surface area is 161 Å². The second-order valence-electron chi connectivity index (χ2n) is 7.08. The van der Waals surface area contributed by atoms with E-state index >= 15 is 0 Å². The number of likely N-dealkylation sites (tertiary alicyclic amines) is 1.